The summed E-state index contributed by atoms with van der Waals surface area (Å²) in [5.41, 5.74) is 0.282. The minimum Gasteiger partial charge on any atom is -0.312 e. The molecular weight excluding hydrogens is 190 g/mol. The summed E-state index contributed by atoms with van der Waals surface area (Å²) in [5.74, 6) is 1.32. The summed E-state index contributed by atoms with van der Waals surface area (Å²) >= 11 is 2.11. The molecule has 0 fully saturated rings. The third-order valence-electron chi connectivity index (χ3n) is 2.20. The second kappa shape index (κ2) is 7.58. The first-order valence-corrected chi connectivity index (χ1v) is 6.87. The van der Waals surface area contributed by atoms with Crippen LogP contribution in [0.1, 0.15) is 53.9 Å². The molecular formula is C12H27NS. The molecule has 1 N–H and O–H groups in total. The van der Waals surface area contributed by atoms with Gasteiger partial charge in [-0.15, -0.1) is 0 Å². The van der Waals surface area contributed by atoms with E-state index in [0.29, 0.717) is 0 Å². The number of nitrogens with one attached hydrogen (secondary N) is 1. The quantitative estimate of drug-likeness (QED) is 0.653. The Balaban J connectivity index is 3.14. The predicted molar refractivity (Wildman–Crippen MR) is 69.2 cm³/mol. The largest absolute Gasteiger partial charge is 0.312 e. The van der Waals surface area contributed by atoms with Crippen LogP contribution in [-0.2, 0) is 0 Å². The van der Waals surface area contributed by atoms with E-state index in [0.717, 1.165) is 11.8 Å². The van der Waals surface area contributed by atoms with Crippen LogP contribution in [-0.4, -0.2) is 23.1 Å². The molecule has 0 aromatic rings. The van der Waals surface area contributed by atoms with Gasteiger partial charge in [-0.1, -0.05) is 13.8 Å². The normalized spacial score (nSPS) is 14.4. The van der Waals surface area contributed by atoms with E-state index in [1.165, 1.54) is 25.0 Å². The second-order valence-electron chi connectivity index (χ2n) is 4.97. The van der Waals surface area contributed by atoms with Gasteiger partial charge < -0.3 is 5.32 Å². The molecule has 0 saturated carbocycles. The van der Waals surface area contributed by atoms with Crippen molar-refractivity contribution in [3.8, 4) is 0 Å². The summed E-state index contributed by atoms with van der Waals surface area (Å²) in [4.78, 5) is 0. The molecule has 86 valence electrons. The van der Waals surface area contributed by atoms with Crippen LogP contribution in [0, 0.1) is 0 Å². The number of unbranched alkanes of at least 4 members (excludes halogenated alkanes) is 1. The van der Waals surface area contributed by atoms with Gasteiger partial charge in [-0.05, 0) is 52.3 Å². The SMILES string of the molecule is CCC(C)SCCCCNC(C)(C)C. The average molecular weight is 217 g/mol. The Bertz CT molecular complexity index is 129. The first kappa shape index (κ1) is 14.3. The minimum absolute atomic E-state index is 0.282. The highest BCUT2D eigenvalue weighted by Gasteiger charge is 2.06. The highest BCUT2D eigenvalue weighted by atomic mass is 32.2. The number of thioether (sulfide) groups is 1. The molecule has 0 heterocycles. The van der Waals surface area contributed by atoms with E-state index in [9.17, 15) is 0 Å². The Morgan fingerprint density at radius 3 is 2.36 bits per heavy atom. The van der Waals surface area contributed by atoms with Crippen LogP contribution in [0.3, 0.4) is 0 Å². The van der Waals surface area contributed by atoms with Gasteiger partial charge in [-0.3, -0.25) is 0 Å². The molecule has 0 amide bonds. The van der Waals surface area contributed by atoms with Crippen LogP contribution < -0.4 is 5.32 Å². The Hall–Kier alpha value is 0.310. The van der Waals surface area contributed by atoms with E-state index in [1.807, 2.05) is 0 Å². The summed E-state index contributed by atoms with van der Waals surface area (Å²) in [6, 6.07) is 0. The van der Waals surface area contributed by atoms with Gasteiger partial charge in [-0.2, -0.15) is 11.8 Å². The average Bonchev–Trinajstić information content (AvgIpc) is 2.08. The molecule has 2 heteroatoms. The van der Waals surface area contributed by atoms with Crippen LogP contribution in [0.15, 0.2) is 0 Å². The number of rotatable bonds is 7. The van der Waals surface area contributed by atoms with Gasteiger partial charge in [0.25, 0.3) is 0 Å². The van der Waals surface area contributed by atoms with Crippen molar-refractivity contribution in [3.05, 3.63) is 0 Å². The van der Waals surface area contributed by atoms with Crippen molar-refractivity contribution in [2.45, 2.75) is 64.7 Å². The lowest BCUT2D eigenvalue weighted by molar-refractivity contribution is 0.421. The first-order chi connectivity index (χ1) is 6.45. The van der Waals surface area contributed by atoms with Crippen molar-refractivity contribution in [2.24, 2.45) is 0 Å². The molecule has 1 nitrogen and oxygen atoms in total. The highest BCUT2D eigenvalue weighted by molar-refractivity contribution is 7.99. The standard InChI is InChI=1S/C12H27NS/c1-6-11(2)14-10-8-7-9-13-12(3,4)5/h11,13H,6-10H2,1-5H3. The Morgan fingerprint density at radius 2 is 1.86 bits per heavy atom. The fourth-order valence-corrected chi connectivity index (χ4v) is 2.10. The Kier molecular flexibility index (Phi) is 7.75. The third kappa shape index (κ3) is 10.4. The van der Waals surface area contributed by atoms with Gasteiger partial charge >= 0.3 is 0 Å². The van der Waals surface area contributed by atoms with Crippen molar-refractivity contribution in [2.75, 3.05) is 12.3 Å². The first-order valence-electron chi connectivity index (χ1n) is 5.82. The van der Waals surface area contributed by atoms with Gasteiger partial charge in [-0.25, -0.2) is 0 Å². The van der Waals surface area contributed by atoms with Crippen LogP contribution in [0.4, 0.5) is 0 Å². The topological polar surface area (TPSA) is 12.0 Å². The molecule has 0 saturated heterocycles. The van der Waals surface area contributed by atoms with Crippen molar-refractivity contribution >= 4 is 11.8 Å². The smallest absolute Gasteiger partial charge is 0.00965 e. The fraction of sp³-hybridized carbons (Fsp3) is 1.00. The molecule has 1 unspecified atom stereocenters. The molecule has 0 aliphatic heterocycles. The van der Waals surface area contributed by atoms with Gasteiger partial charge in [0.2, 0.25) is 0 Å². The minimum atomic E-state index is 0.282. The molecule has 0 aliphatic carbocycles. The molecule has 1 atom stereocenters. The molecule has 0 aromatic carbocycles. The third-order valence-corrected chi connectivity index (χ3v) is 3.63. The van der Waals surface area contributed by atoms with Gasteiger partial charge in [0.05, 0.1) is 0 Å². The molecule has 0 spiro atoms. The number of hydrogen-bond donors (Lipinski definition) is 1. The summed E-state index contributed by atoms with van der Waals surface area (Å²) in [6.07, 6.45) is 3.95. The van der Waals surface area contributed by atoms with Gasteiger partial charge in [0, 0.05) is 10.8 Å². The molecule has 0 bridgehead atoms. The molecule has 14 heavy (non-hydrogen) atoms. The van der Waals surface area contributed by atoms with Crippen LogP contribution in [0.2, 0.25) is 0 Å². The lowest BCUT2D eigenvalue weighted by Gasteiger charge is -2.20. The predicted octanol–water partition coefficient (Wildman–Crippen LogP) is 3.69. The Morgan fingerprint density at radius 1 is 1.21 bits per heavy atom. The van der Waals surface area contributed by atoms with E-state index in [1.54, 1.807) is 0 Å². The summed E-state index contributed by atoms with van der Waals surface area (Å²) < 4.78 is 0. The van der Waals surface area contributed by atoms with Crippen molar-refractivity contribution < 1.29 is 0 Å². The Labute approximate surface area is 94.4 Å². The second-order valence-corrected chi connectivity index (χ2v) is 6.52. The van der Waals surface area contributed by atoms with Crippen molar-refractivity contribution in [3.63, 3.8) is 0 Å². The fourth-order valence-electron chi connectivity index (χ4n) is 1.09. The lowest BCUT2D eigenvalue weighted by Crippen LogP contribution is -2.36. The lowest BCUT2D eigenvalue weighted by atomic mass is 10.1. The van der Waals surface area contributed by atoms with E-state index < -0.39 is 0 Å². The molecule has 0 rings (SSSR count). The highest BCUT2D eigenvalue weighted by Crippen LogP contribution is 2.14. The molecule has 0 aromatic heterocycles. The zero-order valence-electron chi connectivity index (χ0n) is 10.5. The van der Waals surface area contributed by atoms with E-state index >= 15 is 0 Å². The van der Waals surface area contributed by atoms with E-state index in [4.69, 9.17) is 0 Å². The molecule has 0 aliphatic rings. The maximum atomic E-state index is 3.51. The number of hydrogen-bond acceptors (Lipinski definition) is 2. The van der Waals surface area contributed by atoms with Crippen LogP contribution in [0.25, 0.3) is 0 Å². The van der Waals surface area contributed by atoms with E-state index in [2.05, 4.69) is 51.7 Å². The summed E-state index contributed by atoms with van der Waals surface area (Å²) in [7, 11) is 0. The van der Waals surface area contributed by atoms with Crippen molar-refractivity contribution in [1.82, 2.24) is 5.32 Å². The van der Waals surface area contributed by atoms with Crippen LogP contribution >= 0.6 is 11.8 Å². The summed E-state index contributed by atoms with van der Waals surface area (Å²) in [5, 5.41) is 4.35. The zero-order chi connectivity index (χ0) is 11.0. The van der Waals surface area contributed by atoms with Crippen LogP contribution in [0.5, 0.6) is 0 Å². The maximum absolute atomic E-state index is 3.51. The van der Waals surface area contributed by atoms with Crippen molar-refractivity contribution in [1.29, 1.82) is 0 Å². The summed E-state index contributed by atoms with van der Waals surface area (Å²) in [6.45, 7) is 12.4. The molecule has 0 radical (unpaired) electrons. The maximum Gasteiger partial charge on any atom is 0.00965 e. The van der Waals surface area contributed by atoms with Gasteiger partial charge in [0.15, 0.2) is 0 Å². The zero-order valence-corrected chi connectivity index (χ0v) is 11.3. The van der Waals surface area contributed by atoms with Gasteiger partial charge in [0.1, 0.15) is 0 Å². The van der Waals surface area contributed by atoms with E-state index in [-0.39, 0.29) is 5.54 Å². The monoisotopic (exact) mass is 217 g/mol.